The molecule has 0 saturated carbocycles. The van der Waals surface area contributed by atoms with E-state index in [4.69, 9.17) is 0 Å². The largest absolute Gasteiger partial charge is 0.334 e. The molecular formula is C14H18BrFN2O3S. The Bertz CT molecular complexity index is 666. The summed E-state index contributed by atoms with van der Waals surface area (Å²) in [5.41, 5.74) is 0.256. The van der Waals surface area contributed by atoms with Gasteiger partial charge >= 0.3 is 0 Å². The summed E-state index contributed by atoms with van der Waals surface area (Å²) < 4.78 is 38.9. The zero-order chi connectivity index (χ0) is 16.3. The Morgan fingerprint density at radius 3 is 2.86 bits per heavy atom. The number of hydrogen-bond acceptors (Lipinski definition) is 3. The van der Waals surface area contributed by atoms with Crippen molar-refractivity contribution in [2.45, 2.75) is 25.3 Å². The molecule has 1 N–H and O–H groups in total. The fraction of sp³-hybridized carbons (Fsp3) is 0.500. The van der Waals surface area contributed by atoms with Crippen LogP contribution in [-0.4, -0.2) is 44.6 Å². The van der Waals surface area contributed by atoms with Crippen LogP contribution in [0, 0.1) is 5.82 Å². The molecule has 2 rings (SSSR count). The molecule has 0 aliphatic carbocycles. The van der Waals surface area contributed by atoms with Crippen LogP contribution in [0.25, 0.3) is 0 Å². The average Bonchev–Trinajstić information content (AvgIpc) is 2.46. The first kappa shape index (κ1) is 17.4. The highest BCUT2D eigenvalue weighted by Gasteiger charge is 2.29. The molecule has 1 aliphatic heterocycles. The number of amides is 1. The van der Waals surface area contributed by atoms with Gasteiger partial charge in [-0.2, -0.15) is 0 Å². The lowest BCUT2D eigenvalue weighted by Crippen LogP contribution is -2.49. The molecule has 122 valence electrons. The van der Waals surface area contributed by atoms with Crippen molar-refractivity contribution in [3.63, 3.8) is 0 Å². The molecule has 1 aromatic rings. The minimum Gasteiger partial charge on any atom is -0.334 e. The third-order valence-corrected chi connectivity index (χ3v) is 5.01. The standard InChI is InChI=1S/C14H18BrFN2O3S/c1-22(20,21)17-9-11-4-2-3-7-18(11)14(19)12-8-10(16)5-6-13(12)15/h5-6,8,11,17H,2-4,7,9H2,1H3. The molecule has 1 amide bonds. The first-order valence-corrected chi connectivity index (χ1v) is 9.67. The smallest absolute Gasteiger partial charge is 0.255 e. The molecule has 1 aromatic carbocycles. The molecule has 1 aliphatic rings. The summed E-state index contributed by atoms with van der Waals surface area (Å²) in [4.78, 5) is 14.3. The predicted octanol–water partition coefficient (Wildman–Crippen LogP) is 2.13. The second-order valence-electron chi connectivity index (χ2n) is 5.39. The molecule has 0 spiro atoms. The number of sulfonamides is 1. The normalized spacial score (nSPS) is 19.2. The molecule has 1 heterocycles. The van der Waals surface area contributed by atoms with Crippen molar-refractivity contribution < 1.29 is 17.6 Å². The Morgan fingerprint density at radius 1 is 1.45 bits per heavy atom. The second kappa shape index (κ2) is 7.06. The van der Waals surface area contributed by atoms with Crippen molar-refractivity contribution in [3.8, 4) is 0 Å². The lowest BCUT2D eigenvalue weighted by Gasteiger charge is -2.36. The number of benzene rings is 1. The molecule has 0 aromatic heterocycles. The maximum atomic E-state index is 13.4. The van der Waals surface area contributed by atoms with Gasteiger partial charge in [-0.3, -0.25) is 4.79 Å². The van der Waals surface area contributed by atoms with Crippen molar-refractivity contribution in [3.05, 3.63) is 34.1 Å². The monoisotopic (exact) mass is 392 g/mol. The maximum absolute atomic E-state index is 13.4. The summed E-state index contributed by atoms with van der Waals surface area (Å²) in [6.45, 7) is 0.718. The van der Waals surface area contributed by atoms with Gasteiger partial charge in [0.15, 0.2) is 0 Å². The molecule has 1 unspecified atom stereocenters. The maximum Gasteiger partial charge on any atom is 0.255 e. The number of halogens is 2. The third kappa shape index (κ3) is 4.50. The van der Waals surface area contributed by atoms with E-state index in [1.54, 1.807) is 4.90 Å². The van der Waals surface area contributed by atoms with Crippen LogP contribution in [0.3, 0.4) is 0 Å². The van der Waals surface area contributed by atoms with Crippen LogP contribution in [-0.2, 0) is 10.0 Å². The van der Waals surface area contributed by atoms with Gasteiger partial charge in [0, 0.05) is 23.6 Å². The SMILES string of the molecule is CS(=O)(=O)NCC1CCCCN1C(=O)c1cc(F)ccc1Br. The summed E-state index contributed by atoms with van der Waals surface area (Å²) in [5.74, 6) is -0.763. The highest BCUT2D eigenvalue weighted by molar-refractivity contribution is 9.10. The molecule has 1 fully saturated rings. The van der Waals surface area contributed by atoms with E-state index in [-0.39, 0.29) is 24.1 Å². The van der Waals surface area contributed by atoms with Gasteiger partial charge in [-0.1, -0.05) is 0 Å². The molecule has 22 heavy (non-hydrogen) atoms. The Labute approximate surface area is 138 Å². The van der Waals surface area contributed by atoms with E-state index < -0.39 is 15.8 Å². The number of rotatable bonds is 4. The minimum absolute atomic E-state index is 0.178. The highest BCUT2D eigenvalue weighted by atomic mass is 79.9. The van der Waals surface area contributed by atoms with Crippen LogP contribution in [0.15, 0.2) is 22.7 Å². The predicted molar refractivity (Wildman–Crippen MR) is 85.6 cm³/mol. The second-order valence-corrected chi connectivity index (χ2v) is 8.08. The molecule has 1 atom stereocenters. The van der Waals surface area contributed by atoms with Gasteiger partial charge in [-0.25, -0.2) is 17.5 Å². The van der Waals surface area contributed by atoms with E-state index in [0.717, 1.165) is 25.5 Å². The van der Waals surface area contributed by atoms with Crippen LogP contribution < -0.4 is 4.72 Å². The van der Waals surface area contributed by atoms with E-state index in [1.165, 1.54) is 18.2 Å². The van der Waals surface area contributed by atoms with E-state index in [2.05, 4.69) is 20.7 Å². The van der Waals surface area contributed by atoms with Gasteiger partial charge in [0.05, 0.1) is 11.8 Å². The number of piperidine rings is 1. The Kier molecular flexibility index (Phi) is 5.57. The highest BCUT2D eigenvalue weighted by Crippen LogP contribution is 2.24. The zero-order valence-electron chi connectivity index (χ0n) is 12.2. The quantitative estimate of drug-likeness (QED) is 0.853. The van der Waals surface area contributed by atoms with E-state index in [0.29, 0.717) is 11.0 Å². The third-order valence-electron chi connectivity index (χ3n) is 3.63. The number of nitrogens with one attached hydrogen (secondary N) is 1. The molecule has 8 heteroatoms. The topological polar surface area (TPSA) is 66.5 Å². The van der Waals surface area contributed by atoms with Gasteiger partial charge in [0.25, 0.3) is 5.91 Å². The summed E-state index contributed by atoms with van der Waals surface area (Å²) in [6, 6.07) is 3.75. The van der Waals surface area contributed by atoms with Crippen LogP contribution >= 0.6 is 15.9 Å². The Hall–Kier alpha value is -0.990. The molecule has 0 radical (unpaired) electrons. The van der Waals surface area contributed by atoms with Gasteiger partial charge in [-0.05, 0) is 53.4 Å². The Morgan fingerprint density at radius 2 is 2.18 bits per heavy atom. The minimum atomic E-state index is -3.31. The molecule has 5 nitrogen and oxygen atoms in total. The van der Waals surface area contributed by atoms with Crippen molar-refractivity contribution >= 4 is 31.9 Å². The van der Waals surface area contributed by atoms with Crippen molar-refractivity contribution in [1.82, 2.24) is 9.62 Å². The van der Waals surface area contributed by atoms with Gasteiger partial charge in [0.1, 0.15) is 5.82 Å². The number of hydrogen-bond donors (Lipinski definition) is 1. The van der Waals surface area contributed by atoms with Crippen LogP contribution in [0.4, 0.5) is 4.39 Å². The molecule has 0 bridgehead atoms. The lowest BCUT2D eigenvalue weighted by atomic mass is 10.0. The van der Waals surface area contributed by atoms with Crippen LogP contribution in [0.5, 0.6) is 0 Å². The summed E-state index contributed by atoms with van der Waals surface area (Å²) in [7, 11) is -3.31. The number of likely N-dealkylation sites (tertiary alicyclic amines) is 1. The summed E-state index contributed by atoms with van der Waals surface area (Å²) in [5, 5.41) is 0. The summed E-state index contributed by atoms with van der Waals surface area (Å²) in [6.07, 6.45) is 3.60. The first-order valence-electron chi connectivity index (χ1n) is 6.98. The van der Waals surface area contributed by atoms with E-state index in [9.17, 15) is 17.6 Å². The molecular weight excluding hydrogens is 375 g/mol. The Balaban J connectivity index is 2.19. The number of carbonyl (C=O) groups is 1. The number of carbonyl (C=O) groups excluding carboxylic acids is 1. The van der Waals surface area contributed by atoms with Gasteiger partial charge in [0.2, 0.25) is 10.0 Å². The van der Waals surface area contributed by atoms with Crippen molar-refractivity contribution in [2.75, 3.05) is 19.3 Å². The van der Waals surface area contributed by atoms with Gasteiger partial charge < -0.3 is 4.90 Å². The average molecular weight is 393 g/mol. The lowest BCUT2D eigenvalue weighted by molar-refractivity contribution is 0.0617. The number of nitrogens with zero attached hydrogens (tertiary/aromatic N) is 1. The van der Waals surface area contributed by atoms with Gasteiger partial charge in [-0.15, -0.1) is 0 Å². The molecule has 1 saturated heterocycles. The van der Waals surface area contributed by atoms with Crippen molar-refractivity contribution in [2.24, 2.45) is 0 Å². The fourth-order valence-corrected chi connectivity index (χ4v) is 3.46. The summed E-state index contributed by atoms with van der Waals surface area (Å²) >= 11 is 3.26. The first-order chi connectivity index (χ1) is 10.3. The zero-order valence-corrected chi connectivity index (χ0v) is 14.6. The van der Waals surface area contributed by atoms with Crippen LogP contribution in [0.1, 0.15) is 29.6 Å². The van der Waals surface area contributed by atoms with Crippen molar-refractivity contribution in [1.29, 1.82) is 0 Å². The van der Waals surface area contributed by atoms with Crippen LogP contribution in [0.2, 0.25) is 0 Å². The van der Waals surface area contributed by atoms with E-state index in [1.807, 2.05) is 0 Å². The van der Waals surface area contributed by atoms with E-state index >= 15 is 0 Å². The fourth-order valence-electron chi connectivity index (χ4n) is 2.54.